The molecule has 0 aliphatic carbocycles. The van der Waals surface area contributed by atoms with Gasteiger partial charge in [0, 0.05) is 26.2 Å². The Bertz CT molecular complexity index is 763. The molecule has 1 unspecified atom stereocenters. The minimum atomic E-state index is -0.402. The number of amides is 2. The number of nitrogens with two attached hydrogens (primary N) is 1. The Morgan fingerprint density at radius 2 is 1.77 bits per heavy atom. The normalized spacial score (nSPS) is 15.5. The second kappa shape index (κ2) is 12.2. The van der Waals surface area contributed by atoms with Crippen molar-refractivity contribution in [3.8, 4) is 0 Å². The summed E-state index contributed by atoms with van der Waals surface area (Å²) in [5.41, 5.74) is 0. The zero-order valence-corrected chi connectivity index (χ0v) is 20.2. The predicted octanol–water partition coefficient (Wildman–Crippen LogP) is 1.23. The first kappa shape index (κ1) is 25.3. The third-order valence-corrected chi connectivity index (χ3v) is 7.10. The Balaban J connectivity index is 1.87. The van der Waals surface area contributed by atoms with E-state index >= 15 is 0 Å². The van der Waals surface area contributed by atoms with Crippen molar-refractivity contribution >= 4 is 41.3 Å². The molecule has 1 aliphatic heterocycles. The molecule has 2 amide bonds. The molecule has 0 radical (unpaired) electrons. The van der Waals surface area contributed by atoms with Crippen molar-refractivity contribution in [2.45, 2.75) is 56.1 Å². The number of hydrogen-bond donors (Lipinski definition) is 1. The second-order valence-electron chi connectivity index (χ2n) is 7.10. The fourth-order valence-electron chi connectivity index (χ4n) is 3.30. The van der Waals surface area contributed by atoms with Gasteiger partial charge in [-0.2, -0.15) is 0 Å². The van der Waals surface area contributed by atoms with Crippen LogP contribution in [0.25, 0.3) is 0 Å². The van der Waals surface area contributed by atoms with E-state index in [9.17, 15) is 14.4 Å². The van der Waals surface area contributed by atoms with Gasteiger partial charge in [-0.1, -0.05) is 23.5 Å². The van der Waals surface area contributed by atoms with E-state index in [0.29, 0.717) is 55.9 Å². The van der Waals surface area contributed by atoms with Crippen molar-refractivity contribution in [3.63, 3.8) is 0 Å². The highest BCUT2D eigenvalue weighted by atomic mass is 32.2. The highest BCUT2D eigenvalue weighted by Gasteiger charge is 2.31. The van der Waals surface area contributed by atoms with Crippen molar-refractivity contribution in [3.05, 3.63) is 0 Å². The number of thioether (sulfide) groups is 2. The summed E-state index contributed by atoms with van der Waals surface area (Å²) in [5, 5.41) is 8.57. The number of likely N-dealkylation sites (tertiary alicyclic amines) is 1. The van der Waals surface area contributed by atoms with Crippen LogP contribution in [0.3, 0.4) is 0 Å². The van der Waals surface area contributed by atoms with Crippen LogP contribution in [0.1, 0.15) is 40.5 Å². The third kappa shape index (κ3) is 6.76. The van der Waals surface area contributed by atoms with E-state index in [1.807, 2.05) is 13.8 Å². The van der Waals surface area contributed by atoms with Crippen LogP contribution in [0.15, 0.2) is 10.3 Å². The highest BCUT2D eigenvalue weighted by Crippen LogP contribution is 2.27. The minimum absolute atomic E-state index is 0.0157. The van der Waals surface area contributed by atoms with Crippen molar-refractivity contribution < 1.29 is 19.1 Å². The lowest BCUT2D eigenvalue weighted by Gasteiger charge is -2.32. The number of piperidine rings is 1. The van der Waals surface area contributed by atoms with Gasteiger partial charge in [-0.3, -0.25) is 14.4 Å². The van der Waals surface area contributed by atoms with Crippen LogP contribution in [0, 0.1) is 5.92 Å². The standard InChI is InChI=1S/C19H32N6O4S2/c1-5-23(6-2)15(26)12-30-18-21-22-19(25(18)20)31-13(4)16(27)24-10-8-14(9-11-24)17(28)29-7-3/h13-14H,5-12,20H2,1-4H3. The number of nitrogens with zero attached hydrogens (tertiary/aromatic N) is 5. The molecule has 2 N–H and O–H groups in total. The van der Waals surface area contributed by atoms with Gasteiger partial charge in [0.15, 0.2) is 0 Å². The SMILES string of the molecule is CCOC(=O)C1CCN(C(=O)C(C)Sc2nnc(SCC(=O)N(CC)CC)n2N)CC1. The summed E-state index contributed by atoms with van der Waals surface area (Å²) in [6.45, 7) is 10.2. The van der Waals surface area contributed by atoms with Gasteiger partial charge >= 0.3 is 5.97 Å². The number of ether oxygens (including phenoxy) is 1. The lowest BCUT2D eigenvalue weighted by Crippen LogP contribution is -2.43. The van der Waals surface area contributed by atoms with Gasteiger partial charge in [0.05, 0.1) is 23.5 Å². The van der Waals surface area contributed by atoms with Gasteiger partial charge in [-0.15, -0.1) is 10.2 Å². The number of aromatic nitrogens is 3. The molecule has 0 bridgehead atoms. The highest BCUT2D eigenvalue weighted by molar-refractivity contribution is 8.00. The Hall–Kier alpha value is -1.95. The molecule has 1 aliphatic rings. The Morgan fingerprint density at radius 3 is 2.35 bits per heavy atom. The topological polar surface area (TPSA) is 124 Å². The minimum Gasteiger partial charge on any atom is -0.466 e. The van der Waals surface area contributed by atoms with E-state index in [0.717, 1.165) is 0 Å². The summed E-state index contributed by atoms with van der Waals surface area (Å²) < 4.78 is 6.40. The first-order valence-electron chi connectivity index (χ1n) is 10.5. The first-order chi connectivity index (χ1) is 14.8. The summed E-state index contributed by atoms with van der Waals surface area (Å²) in [6.07, 6.45) is 1.22. The van der Waals surface area contributed by atoms with Crippen LogP contribution in [0.2, 0.25) is 0 Å². The van der Waals surface area contributed by atoms with Crippen molar-refractivity contribution in [1.82, 2.24) is 24.7 Å². The fraction of sp³-hybridized carbons (Fsp3) is 0.737. The third-order valence-electron chi connectivity index (χ3n) is 5.13. The van der Waals surface area contributed by atoms with E-state index in [1.165, 1.54) is 28.2 Å². The number of rotatable bonds is 10. The molecular weight excluding hydrogens is 440 g/mol. The summed E-state index contributed by atoms with van der Waals surface area (Å²) >= 11 is 2.46. The molecule has 1 atom stereocenters. The quantitative estimate of drug-likeness (QED) is 0.304. The molecule has 2 rings (SSSR count). The smallest absolute Gasteiger partial charge is 0.309 e. The Kier molecular flexibility index (Phi) is 9.94. The largest absolute Gasteiger partial charge is 0.466 e. The van der Waals surface area contributed by atoms with Crippen LogP contribution >= 0.6 is 23.5 Å². The fourth-order valence-corrected chi connectivity index (χ4v) is 4.97. The maximum Gasteiger partial charge on any atom is 0.309 e. The van der Waals surface area contributed by atoms with Crippen LogP contribution in [0.4, 0.5) is 0 Å². The molecule has 1 aromatic heterocycles. The van der Waals surface area contributed by atoms with Gasteiger partial charge in [-0.05, 0) is 40.5 Å². The van der Waals surface area contributed by atoms with Gasteiger partial charge in [0.25, 0.3) is 0 Å². The number of nitrogen functional groups attached to an aromatic ring is 1. The Morgan fingerprint density at radius 1 is 1.16 bits per heavy atom. The summed E-state index contributed by atoms with van der Waals surface area (Å²) in [4.78, 5) is 40.4. The van der Waals surface area contributed by atoms with Crippen LogP contribution < -0.4 is 5.84 Å². The average Bonchev–Trinajstić information content (AvgIpc) is 3.12. The van der Waals surface area contributed by atoms with E-state index in [2.05, 4.69) is 10.2 Å². The number of carbonyl (C=O) groups is 3. The van der Waals surface area contributed by atoms with Crippen molar-refractivity contribution in [2.75, 3.05) is 44.4 Å². The summed E-state index contributed by atoms with van der Waals surface area (Å²) in [6, 6.07) is 0. The maximum absolute atomic E-state index is 12.8. The van der Waals surface area contributed by atoms with Gasteiger partial charge in [0.2, 0.25) is 22.1 Å². The van der Waals surface area contributed by atoms with Crippen molar-refractivity contribution in [2.24, 2.45) is 5.92 Å². The molecule has 0 spiro atoms. The second-order valence-corrected chi connectivity index (χ2v) is 9.35. The molecule has 10 nitrogen and oxygen atoms in total. The van der Waals surface area contributed by atoms with E-state index in [-0.39, 0.29) is 29.5 Å². The van der Waals surface area contributed by atoms with Crippen LogP contribution in [-0.2, 0) is 19.1 Å². The monoisotopic (exact) mass is 472 g/mol. The predicted molar refractivity (Wildman–Crippen MR) is 120 cm³/mol. The zero-order valence-electron chi connectivity index (χ0n) is 18.6. The maximum atomic E-state index is 12.8. The van der Waals surface area contributed by atoms with Gasteiger partial charge in [0.1, 0.15) is 0 Å². The van der Waals surface area contributed by atoms with Crippen LogP contribution in [-0.4, -0.2) is 86.2 Å². The zero-order chi connectivity index (χ0) is 23.0. The number of hydrogen-bond acceptors (Lipinski definition) is 9. The molecule has 12 heteroatoms. The van der Waals surface area contributed by atoms with Gasteiger partial charge < -0.3 is 20.4 Å². The molecule has 174 valence electrons. The van der Waals surface area contributed by atoms with E-state index in [4.69, 9.17) is 10.6 Å². The molecule has 1 fully saturated rings. The van der Waals surface area contributed by atoms with E-state index in [1.54, 1.807) is 23.6 Å². The Labute approximate surface area is 191 Å². The van der Waals surface area contributed by atoms with Crippen LogP contribution in [0.5, 0.6) is 0 Å². The molecule has 2 heterocycles. The number of esters is 1. The van der Waals surface area contributed by atoms with Gasteiger partial charge in [-0.25, -0.2) is 4.68 Å². The summed E-state index contributed by atoms with van der Waals surface area (Å²) in [5.74, 6) is 5.98. The molecule has 0 aromatic carbocycles. The average molecular weight is 473 g/mol. The molecule has 1 aromatic rings. The molecular formula is C19H32N6O4S2. The molecule has 1 saturated heterocycles. The number of carbonyl (C=O) groups excluding carboxylic acids is 3. The molecule has 31 heavy (non-hydrogen) atoms. The van der Waals surface area contributed by atoms with Crippen molar-refractivity contribution in [1.29, 1.82) is 0 Å². The lowest BCUT2D eigenvalue weighted by molar-refractivity contribution is -0.151. The molecule has 0 saturated carbocycles. The lowest BCUT2D eigenvalue weighted by atomic mass is 9.97. The summed E-state index contributed by atoms with van der Waals surface area (Å²) in [7, 11) is 0. The van der Waals surface area contributed by atoms with E-state index < -0.39 is 5.25 Å². The first-order valence-corrected chi connectivity index (χ1v) is 12.4.